The van der Waals surface area contributed by atoms with Crippen LogP contribution in [0.3, 0.4) is 0 Å². The summed E-state index contributed by atoms with van der Waals surface area (Å²) in [7, 11) is 1.69. The highest BCUT2D eigenvalue weighted by molar-refractivity contribution is 5.90. The highest BCUT2D eigenvalue weighted by Crippen LogP contribution is 2.20. The first-order valence-electron chi connectivity index (χ1n) is 7.97. The van der Waals surface area contributed by atoms with E-state index in [2.05, 4.69) is 5.10 Å². The zero-order valence-corrected chi connectivity index (χ0v) is 13.9. The fourth-order valence-corrected chi connectivity index (χ4v) is 2.73. The van der Waals surface area contributed by atoms with E-state index in [9.17, 15) is 14.0 Å². The number of para-hydroxylation sites is 1. The largest absolute Gasteiger partial charge is 0.452 e. The molecule has 1 saturated heterocycles. The van der Waals surface area contributed by atoms with Crippen LogP contribution in [0.15, 0.2) is 36.7 Å². The zero-order chi connectivity index (χ0) is 17.8. The molecule has 0 aliphatic carbocycles. The van der Waals surface area contributed by atoms with Gasteiger partial charge >= 0.3 is 5.97 Å². The molecule has 1 fully saturated rings. The first-order chi connectivity index (χ1) is 12.0. The molecular formula is C17H19FN4O3. The van der Waals surface area contributed by atoms with Crippen LogP contribution in [0.5, 0.6) is 0 Å². The topological polar surface area (TPSA) is 67.7 Å². The molecule has 1 aromatic carbocycles. The molecule has 132 valence electrons. The SMILES string of the molecule is Cn1cc(C(=O)OCC(=O)N2CCN(c3ccccc3F)CC2)cn1. The lowest BCUT2D eigenvalue weighted by atomic mass is 10.2. The van der Waals surface area contributed by atoms with Gasteiger partial charge in [0.05, 0.1) is 17.4 Å². The summed E-state index contributed by atoms with van der Waals surface area (Å²) in [6, 6.07) is 6.58. The molecule has 0 N–H and O–H groups in total. The van der Waals surface area contributed by atoms with Crippen molar-refractivity contribution in [2.24, 2.45) is 7.05 Å². The standard InChI is InChI=1S/C17H19FN4O3/c1-20-11-13(10-19-20)17(24)25-12-16(23)22-8-6-21(7-9-22)15-5-3-2-4-14(15)18/h2-5,10-11H,6-9,12H2,1H3. The van der Waals surface area contributed by atoms with Gasteiger partial charge in [-0.3, -0.25) is 9.48 Å². The van der Waals surface area contributed by atoms with Crippen LogP contribution in [-0.4, -0.2) is 59.3 Å². The van der Waals surface area contributed by atoms with Gasteiger partial charge in [0.25, 0.3) is 5.91 Å². The van der Waals surface area contributed by atoms with E-state index >= 15 is 0 Å². The average Bonchev–Trinajstić information content (AvgIpc) is 3.06. The van der Waals surface area contributed by atoms with Gasteiger partial charge in [-0.05, 0) is 12.1 Å². The van der Waals surface area contributed by atoms with Crippen LogP contribution >= 0.6 is 0 Å². The Morgan fingerprint density at radius 2 is 1.92 bits per heavy atom. The van der Waals surface area contributed by atoms with Gasteiger partial charge in [-0.25, -0.2) is 9.18 Å². The Balaban J connectivity index is 1.48. The number of anilines is 1. The van der Waals surface area contributed by atoms with Crippen molar-refractivity contribution in [1.82, 2.24) is 14.7 Å². The van der Waals surface area contributed by atoms with Crippen molar-refractivity contribution in [3.63, 3.8) is 0 Å². The van der Waals surface area contributed by atoms with E-state index in [-0.39, 0.29) is 18.3 Å². The third-order valence-corrected chi connectivity index (χ3v) is 4.09. The number of rotatable bonds is 4. The predicted octanol–water partition coefficient (Wildman–Crippen LogP) is 1.06. The highest BCUT2D eigenvalue weighted by atomic mass is 19.1. The number of aryl methyl sites for hydroxylation is 1. The molecule has 2 heterocycles. The normalized spacial score (nSPS) is 14.5. The Morgan fingerprint density at radius 1 is 1.20 bits per heavy atom. The van der Waals surface area contributed by atoms with Crippen LogP contribution in [0.25, 0.3) is 0 Å². The van der Waals surface area contributed by atoms with Crippen LogP contribution in [-0.2, 0) is 16.6 Å². The maximum atomic E-state index is 13.8. The van der Waals surface area contributed by atoms with Crippen molar-refractivity contribution in [2.45, 2.75) is 0 Å². The fourth-order valence-electron chi connectivity index (χ4n) is 2.73. The molecule has 0 spiro atoms. The van der Waals surface area contributed by atoms with E-state index in [0.29, 0.717) is 37.4 Å². The third kappa shape index (κ3) is 3.96. The molecule has 1 aromatic heterocycles. The average molecular weight is 346 g/mol. The Labute approximate surface area is 144 Å². The van der Waals surface area contributed by atoms with E-state index < -0.39 is 5.97 Å². The molecule has 7 nitrogen and oxygen atoms in total. The van der Waals surface area contributed by atoms with Crippen LogP contribution in [0.4, 0.5) is 10.1 Å². The molecule has 25 heavy (non-hydrogen) atoms. The van der Waals surface area contributed by atoms with Gasteiger partial charge in [-0.1, -0.05) is 12.1 Å². The number of piperazine rings is 1. The minimum Gasteiger partial charge on any atom is -0.452 e. The molecule has 8 heteroatoms. The maximum absolute atomic E-state index is 13.8. The summed E-state index contributed by atoms with van der Waals surface area (Å²) in [6.07, 6.45) is 2.92. The number of carbonyl (C=O) groups excluding carboxylic acids is 2. The van der Waals surface area contributed by atoms with Gasteiger partial charge in [0.1, 0.15) is 5.82 Å². The van der Waals surface area contributed by atoms with Crippen LogP contribution in [0.2, 0.25) is 0 Å². The van der Waals surface area contributed by atoms with Crippen LogP contribution < -0.4 is 4.90 Å². The van der Waals surface area contributed by atoms with Crippen molar-refractivity contribution < 1.29 is 18.7 Å². The van der Waals surface area contributed by atoms with Crippen LogP contribution in [0, 0.1) is 5.82 Å². The number of nitrogens with zero attached hydrogens (tertiary/aromatic N) is 4. The minimum absolute atomic E-state index is 0.259. The second-order valence-electron chi connectivity index (χ2n) is 5.80. The van der Waals surface area contributed by atoms with Gasteiger partial charge < -0.3 is 14.5 Å². The molecule has 0 unspecified atom stereocenters. The van der Waals surface area contributed by atoms with E-state index in [1.165, 1.54) is 23.1 Å². The molecule has 0 radical (unpaired) electrons. The second kappa shape index (κ2) is 7.33. The van der Waals surface area contributed by atoms with Gasteiger partial charge in [-0.2, -0.15) is 5.10 Å². The number of aromatic nitrogens is 2. The molecule has 1 aliphatic heterocycles. The molecule has 0 bridgehead atoms. The van der Waals surface area contributed by atoms with Gasteiger partial charge in [0.15, 0.2) is 6.61 Å². The van der Waals surface area contributed by atoms with Crippen molar-refractivity contribution in [3.05, 3.63) is 48.0 Å². The molecule has 1 aliphatic rings. The Bertz CT molecular complexity index is 769. The molecule has 0 atom stereocenters. The number of ether oxygens (including phenoxy) is 1. The summed E-state index contributed by atoms with van der Waals surface area (Å²) in [5, 5.41) is 3.88. The van der Waals surface area contributed by atoms with Crippen molar-refractivity contribution >= 4 is 17.6 Å². The predicted molar refractivity (Wildman–Crippen MR) is 88.7 cm³/mol. The number of esters is 1. The minimum atomic E-state index is -0.577. The zero-order valence-electron chi connectivity index (χ0n) is 13.9. The lowest BCUT2D eigenvalue weighted by Gasteiger charge is -2.36. The highest BCUT2D eigenvalue weighted by Gasteiger charge is 2.23. The molecule has 3 rings (SSSR count). The van der Waals surface area contributed by atoms with Gasteiger partial charge in [-0.15, -0.1) is 0 Å². The second-order valence-corrected chi connectivity index (χ2v) is 5.80. The Kier molecular flexibility index (Phi) is 4.97. The first-order valence-corrected chi connectivity index (χ1v) is 7.97. The quantitative estimate of drug-likeness (QED) is 0.775. The summed E-state index contributed by atoms with van der Waals surface area (Å²) in [6.45, 7) is 1.66. The lowest BCUT2D eigenvalue weighted by Crippen LogP contribution is -2.50. The number of halogens is 1. The summed E-state index contributed by atoms with van der Waals surface area (Å²) in [4.78, 5) is 27.5. The lowest BCUT2D eigenvalue weighted by molar-refractivity contribution is -0.134. The van der Waals surface area contributed by atoms with Crippen LogP contribution in [0.1, 0.15) is 10.4 Å². The summed E-state index contributed by atoms with van der Waals surface area (Å²) < 4.78 is 20.3. The number of amides is 1. The Morgan fingerprint density at radius 3 is 2.56 bits per heavy atom. The van der Waals surface area contributed by atoms with Gasteiger partial charge in [0.2, 0.25) is 0 Å². The van der Waals surface area contributed by atoms with E-state index in [4.69, 9.17) is 4.74 Å². The first kappa shape index (κ1) is 16.9. The van der Waals surface area contributed by atoms with Crippen molar-refractivity contribution in [1.29, 1.82) is 0 Å². The number of hydrogen-bond donors (Lipinski definition) is 0. The molecule has 2 aromatic rings. The monoisotopic (exact) mass is 346 g/mol. The summed E-state index contributed by atoms with van der Waals surface area (Å²) in [5.41, 5.74) is 0.845. The molecule has 0 saturated carbocycles. The van der Waals surface area contributed by atoms with Crippen molar-refractivity contribution in [2.75, 3.05) is 37.7 Å². The smallest absolute Gasteiger partial charge is 0.341 e. The van der Waals surface area contributed by atoms with E-state index in [1.54, 1.807) is 30.1 Å². The fraction of sp³-hybridized carbons (Fsp3) is 0.353. The van der Waals surface area contributed by atoms with Gasteiger partial charge in [0, 0.05) is 39.4 Å². The van der Waals surface area contributed by atoms with E-state index in [0.717, 1.165) is 0 Å². The molecular weight excluding hydrogens is 327 g/mol. The molecule has 1 amide bonds. The maximum Gasteiger partial charge on any atom is 0.341 e. The third-order valence-electron chi connectivity index (χ3n) is 4.09. The number of hydrogen-bond acceptors (Lipinski definition) is 5. The summed E-state index contributed by atoms with van der Waals surface area (Å²) >= 11 is 0. The van der Waals surface area contributed by atoms with Crippen molar-refractivity contribution in [3.8, 4) is 0 Å². The van der Waals surface area contributed by atoms with E-state index in [1.807, 2.05) is 4.90 Å². The summed E-state index contributed by atoms with van der Waals surface area (Å²) in [5.74, 6) is -1.11. The number of carbonyl (C=O) groups is 2. The Hall–Kier alpha value is -2.90. The number of benzene rings is 1.